The molecule has 0 radical (unpaired) electrons. The Morgan fingerprint density at radius 1 is 1.56 bits per heavy atom. The smallest absolute Gasteiger partial charge is 0.354 e. The number of aliphatic hydroxyl groups excluding tert-OH is 2. The lowest BCUT2D eigenvalue weighted by molar-refractivity contribution is 0.0201. The molecule has 0 spiro atoms. The molecule has 0 aliphatic heterocycles. The van der Waals surface area contributed by atoms with Crippen molar-refractivity contribution in [3.8, 4) is 0 Å². The lowest BCUT2D eigenvalue weighted by atomic mass is 10.0. The van der Waals surface area contributed by atoms with Crippen LogP contribution in [0.5, 0.6) is 0 Å². The fourth-order valence-electron chi connectivity index (χ4n) is 1.29. The Morgan fingerprint density at radius 3 is 2.81 bits per heavy atom. The molecule has 4 N–H and O–H groups in total. The summed E-state index contributed by atoms with van der Waals surface area (Å²) in [6.45, 7) is 0.214. The largest absolute Gasteiger partial charge is 0.477 e. The number of likely N-dealkylation sites (N-methyl/N-ethyl adjacent to an activating group) is 1. The van der Waals surface area contributed by atoms with E-state index in [1.807, 2.05) is 0 Å². The number of nitrogens with one attached hydrogen (secondary N) is 1. The molecule has 2 atom stereocenters. The third-order valence-electron chi connectivity index (χ3n) is 2.12. The number of nitrogens with zero attached hydrogens (tertiary/aromatic N) is 1. The Labute approximate surface area is 92.6 Å². The summed E-state index contributed by atoms with van der Waals surface area (Å²) in [5.41, 5.74) is 0.170. The van der Waals surface area contributed by atoms with Crippen molar-refractivity contribution < 1.29 is 20.1 Å². The molecule has 0 saturated heterocycles. The van der Waals surface area contributed by atoms with Crippen LogP contribution in [0.2, 0.25) is 0 Å². The maximum absolute atomic E-state index is 10.7. The highest BCUT2D eigenvalue weighted by atomic mass is 16.4. The fraction of sp³-hybridized carbons (Fsp3) is 0.400. The summed E-state index contributed by atoms with van der Waals surface area (Å²) in [5, 5.41) is 30.7. The van der Waals surface area contributed by atoms with Crippen molar-refractivity contribution in [3.63, 3.8) is 0 Å². The number of hydrogen-bond donors (Lipinski definition) is 4. The Balaban J connectivity index is 2.86. The van der Waals surface area contributed by atoms with E-state index in [-0.39, 0.29) is 12.2 Å². The number of carbonyl (C=O) groups is 1. The zero-order valence-corrected chi connectivity index (χ0v) is 8.79. The predicted octanol–water partition coefficient (Wildman–Crippen LogP) is -0.607. The number of aromatic nitrogens is 1. The van der Waals surface area contributed by atoms with Gasteiger partial charge in [-0.05, 0) is 24.7 Å². The minimum absolute atomic E-state index is 0.159. The quantitative estimate of drug-likeness (QED) is 0.534. The van der Waals surface area contributed by atoms with Gasteiger partial charge in [-0.3, -0.25) is 0 Å². The predicted molar refractivity (Wildman–Crippen MR) is 56.1 cm³/mol. The van der Waals surface area contributed by atoms with Gasteiger partial charge in [0.1, 0.15) is 11.8 Å². The molecule has 1 aromatic heterocycles. The first kappa shape index (κ1) is 12.6. The van der Waals surface area contributed by atoms with E-state index in [2.05, 4.69) is 10.3 Å². The highest BCUT2D eigenvalue weighted by molar-refractivity contribution is 5.85. The summed E-state index contributed by atoms with van der Waals surface area (Å²) in [5.74, 6) is -1.17. The Morgan fingerprint density at radius 2 is 2.25 bits per heavy atom. The number of aromatic carboxylic acids is 1. The van der Waals surface area contributed by atoms with Crippen molar-refractivity contribution in [3.05, 3.63) is 29.6 Å². The first-order valence-electron chi connectivity index (χ1n) is 4.76. The van der Waals surface area contributed by atoms with Gasteiger partial charge in [0, 0.05) is 12.7 Å². The molecule has 0 fully saturated rings. The van der Waals surface area contributed by atoms with Gasteiger partial charge in [-0.1, -0.05) is 0 Å². The molecule has 1 rings (SSSR count). The first-order chi connectivity index (χ1) is 7.56. The average Bonchev–Trinajstić information content (AvgIpc) is 2.28. The summed E-state index contributed by atoms with van der Waals surface area (Å²) in [4.78, 5) is 14.3. The van der Waals surface area contributed by atoms with E-state index in [9.17, 15) is 15.0 Å². The van der Waals surface area contributed by atoms with Crippen molar-refractivity contribution >= 4 is 5.97 Å². The zero-order chi connectivity index (χ0) is 12.1. The summed E-state index contributed by atoms with van der Waals surface area (Å²) < 4.78 is 0. The van der Waals surface area contributed by atoms with Crippen LogP contribution < -0.4 is 5.32 Å². The minimum Gasteiger partial charge on any atom is -0.477 e. The van der Waals surface area contributed by atoms with Gasteiger partial charge in [0.15, 0.2) is 0 Å². The number of pyridine rings is 1. The summed E-state index contributed by atoms with van der Waals surface area (Å²) in [6.07, 6.45) is -0.837. The molecule has 1 aromatic rings. The number of hydrogen-bond acceptors (Lipinski definition) is 5. The number of aliphatic hydroxyl groups is 2. The fourth-order valence-corrected chi connectivity index (χ4v) is 1.29. The molecular formula is C10H14N2O4. The molecule has 0 aliphatic carbocycles. The summed E-state index contributed by atoms with van der Waals surface area (Å²) in [7, 11) is 1.64. The van der Waals surface area contributed by atoms with Crippen molar-refractivity contribution in [2.75, 3.05) is 13.6 Å². The SMILES string of the molecule is CNCC(O)C(O)c1ccnc(C(=O)O)c1. The summed E-state index contributed by atoms with van der Waals surface area (Å²) in [6, 6.07) is 2.71. The second-order valence-electron chi connectivity index (χ2n) is 3.35. The van der Waals surface area contributed by atoms with Gasteiger partial charge in [0.2, 0.25) is 0 Å². The van der Waals surface area contributed by atoms with Crippen LogP contribution in [0, 0.1) is 0 Å². The van der Waals surface area contributed by atoms with E-state index in [0.29, 0.717) is 5.56 Å². The molecular weight excluding hydrogens is 212 g/mol. The van der Waals surface area contributed by atoms with Crippen LogP contribution in [-0.2, 0) is 0 Å². The van der Waals surface area contributed by atoms with E-state index >= 15 is 0 Å². The topological polar surface area (TPSA) is 103 Å². The zero-order valence-electron chi connectivity index (χ0n) is 8.79. The Hall–Kier alpha value is -1.50. The second-order valence-corrected chi connectivity index (χ2v) is 3.35. The minimum atomic E-state index is -1.17. The van der Waals surface area contributed by atoms with E-state index in [4.69, 9.17) is 5.11 Å². The van der Waals surface area contributed by atoms with Crippen LogP contribution in [0.3, 0.4) is 0 Å². The molecule has 0 amide bonds. The molecule has 2 unspecified atom stereocenters. The lowest BCUT2D eigenvalue weighted by Gasteiger charge is -2.17. The molecule has 88 valence electrons. The molecule has 0 bridgehead atoms. The van der Waals surface area contributed by atoms with Gasteiger partial charge >= 0.3 is 5.97 Å². The van der Waals surface area contributed by atoms with Gasteiger partial charge in [0.25, 0.3) is 0 Å². The maximum atomic E-state index is 10.7. The van der Waals surface area contributed by atoms with Gasteiger partial charge in [-0.2, -0.15) is 0 Å². The molecule has 1 heterocycles. The molecule has 6 heteroatoms. The van der Waals surface area contributed by atoms with E-state index in [1.54, 1.807) is 7.05 Å². The standard InChI is InChI=1S/C10H14N2O4/c1-11-5-8(13)9(14)6-2-3-12-7(4-6)10(15)16/h2-4,8-9,11,13-14H,5H2,1H3,(H,15,16). The molecule has 0 aliphatic rings. The van der Waals surface area contributed by atoms with Crippen LogP contribution >= 0.6 is 0 Å². The number of rotatable bonds is 5. The lowest BCUT2D eigenvalue weighted by Crippen LogP contribution is -2.29. The van der Waals surface area contributed by atoms with Crippen molar-refractivity contribution in [2.24, 2.45) is 0 Å². The molecule has 6 nitrogen and oxygen atoms in total. The Bertz CT molecular complexity index is 370. The van der Waals surface area contributed by atoms with Crippen molar-refractivity contribution in [2.45, 2.75) is 12.2 Å². The first-order valence-corrected chi connectivity index (χ1v) is 4.76. The second kappa shape index (κ2) is 5.55. The number of carboxylic acid groups (broad SMARTS) is 1. The van der Waals surface area contributed by atoms with Crippen LogP contribution in [0.1, 0.15) is 22.2 Å². The van der Waals surface area contributed by atoms with Crippen LogP contribution in [0.25, 0.3) is 0 Å². The highest BCUT2D eigenvalue weighted by Gasteiger charge is 2.18. The third-order valence-corrected chi connectivity index (χ3v) is 2.12. The third kappa shape index (κ3) is 2.99. The van der Waals surface area contributed by atoms with E-state index in [1.165, 1.54) is 18.3 Å². The van der Waals surface area contributed by atoms with Crippen LogP contribution in [0.15, 0.2) is 18.3 Å². The van der Waals surface area contributed by atoms with Gasteiger partial charge in [0.05, 0.1) is 6.10 Å². The molecule has 0 saturated carbocycles. The monoisotopic (exact) mass is 226 g/mol. The number of carboxylic acids is 1. The summed E-state index contributed by atoms with van der Waals surface area (Å²) >= 11 is 0. The normalized spacial score (nSPS) is 14.4. The highest BCUT2D eigenvalue weighted by Crippen LogP contribution is 2.16. The van der Waals surface area contributed by atoms with Crippen LogP contribution in [-0.4, -0.2) is 46.0 Å². The van der Waals surface area contributed by atoms with Crippen molar-refractivity contribution in [1.29, 1.82) is 0 Å². The maximum Gasteiger partial charge on any atom is 0.354 e. The van der Waals surface area contributed by atoms with Crippen LogP contribution in [0.4, 0.5) is 0 Å². The van der Waals surface area contributed by atoms with Gasteiger partial charge < -0.3 is 20.6 Å². The Kier molecular flexibility index (Phi) is 4.36. The van der Waals surface area contributed by atoms with Crippen molar-refractivity contribution in [1.82, 2.24) is 10.3 Å². The van der Waals surface area contributed by atoms with E-state index < -0.39 is 18.2 Å². The molecule has 16 heavy (non-hydrogen) atoms. The van der Waals surface area contributed by atoms with Gasteiger partial charge in [-0.25, -0.2) is 9.78 Å². The van der Waals surface area contributed by atoms with E-state index in [0.717, 1.165) is 0 Å². The molecule has 0 aromatic carbocycles. The average molecular weight is 226 g/mol. The van der Waals surface area contributed by atoms with Gasteiger partial charge in [-0.15, -0.1) is 0 Å².